The number of halogens is 2. The van der Waals surface area contributed by atoms with Crippen LogP contribution in [0.2, 0.25) is 0 Å². The minimum atomic E-state index is -0.968. The standard InChI is InChI=1S/C16H10FIN2O3/c17-14-7-10(8-19)1-6-13(14)16(22)23-9-15(21)20-12-4-2-11(18)3-5-12/h1-7H,9H2,(H,20,21). The maximum absolute atomic E-state index is 13.6. The first kappa shape index (κ1) is 16.9. The first-order valence-corrected chi connectivity index (χ1v) is 7.49. The van der Waals surface area contributed by atoms with E-state index in [1.807, 2.05) is 12.1 Å². The Morgan fingerprint density at radius 2 is 1.91 bits per heavy atom. The average Bonchev–Trinajstić information content (AvgIpc) is 2.54. The van der Waals surface area contributed by atoms with Crippen LogP contribution in [0.15, 0.2) is 42.5 Å². The molecule has 116 valence electrons. The predicted molar refractivity (Wildman–Crippen MR) is 89.2 cm³/mol. The average molecular weight is 424 g/mol. The number of hydrogen-bond donors (Lipinski definition) is 1. The summed E-state index contributed by atoms with van der Waals surface area (Å²) in [5.74, 6) is -2.37. The zero-order valence-electron chi connectivity index (χ0n) is 11.7. The summed E-state index contributed by atoms with van der Waals surface area (Å²) in [6.07, 6.45) is 0. The summed E-state index contributed by atoms with van der Waals surface area (Å²) in [6, 6.07) is 12.2. The van der Waals surface area contributed by atoms with Gasteiger partial charge in [0, 0.05) is 9.26 Å². The number of carbonyl (C=O) groups is 2. The van der Waals surface area contributed by atoms with Gasteiger partial charge in [0.05, 0.1) is 17.2 Å². The van der Waals surface area contributed by atoms with E-state index in [0.29, 0.717) is 5.69 Å². The first-order valence-electron chi connectivity index (χ1n) is 6.42. The van der Waals surface area contributed by atoms with Crippen LogP contribution in [0.5, 0.6) is 0 Å². The molecule has 0 heterocycles. The van der Waals surface area contributed by atoms with Gasteiger partial charge in [0.15, 0.2) is 6.61 Å². The summed E-state index contributed by atoms with van der Waals surface area (Å²) in [6.45, 7) is -0.537. The quantitative estimate of drug-likeness (QED) is 0.605. The lowest BCUT2D eigenvalue weighted by atomic mass is 10.1. The number of carbonyl (C=O) groups excluding carboxylic acids is 2. The number of ether oxygens (including phenoxy) is 1. The molecule has 2 aromatic rings. The molecule has 1 N–H and O–H groups in total. The monoisotopic (exact) mass is 424 g/mol. The molecule has 0 aliphatic heterocycles. The van der Waals surface area contributed by atoms with Gasteiger partial charge < -0.3 is 10.1 Å². The second kappa shape index (κ2) is 7.69. The minimum absolute atomic E-state index is 0.0931. The fourth-order valence-corrected chi connectivity index (χ4v) is 2.05. The number of nitriles is 1. The second-order valence-corrected chi connectivity index (χ2v) is 5.68. The van der Waals surface area contributed by atoms with Gasteiger partial charge in [-0.3, -0.25) is 4.79 Å². The van der Waals surface area contributed by atoms with Crippen LogP contribution in [0, 0.1) is 20.7 Å². The highest BCUT2D eigenvalue weighted by Crippen LogP contribution is 2.12. The molecular weight excluding hydrogens is 414 g/mol. The number of anilines is 1. The van der Waals surface area contributed by atoms with Crippen LogP contribution < -0.4 is 5.32 Å². The van der Waals surface area contributed by atoms with E-state index in [-0.39, 0.29) is 11.1 Å². The molecule has 2 rings (SSSR count). The van der Waals surface area contributed by atoms with E-state index in [2.05, 4.69) is 27.9 Å². The number of nitrogens with zero attached hydrogens (tertiary/aromatic N) is 1. The third-order valence-corrected chi connectivity index (χ3v) is 3.50. The molecule has 1 amide bonds. The molecule has 0 aliphatic carbocycles. The van der Waals surface area contributed by atoms with Gasteiger partial charge in [-0.1, -0.05) is 0 Å². The molecule has 7 heteroatoms. The van der Waals surface area contributed by atoms with E-state index < -0.39 is 24.3 Å². The molecule has 0 saturated carbocycles. The zero-order valence-corrected chi connectivity index (χ0v) is 13.8. The van der Waals surface area contributed by atoms with Crippen molar-refractivity contribution in [1.82, 2.24) is 0 Å². The summed E-state index contributed by atoms with van der Waals surface area (Å²) in [7, 11) is 0. The second-order valence-electron chi connectivity index (χ2n) is 4.44. The number of benzene rings is 2. The largest absolute Gasteiger partial charge is 0.452 e. The Morgan fingerprint density at radius 1 is 1.22 bits per heavy atom. The summed E-state index contributed by atoms with van der Waals surface area (Å²) in [5.41, 5.74) is 0.331. The number of amides is 1. The van der Waals surface area contributed by atoms with Crippen molar-refractivity contribution in [3.05, 3.63) is 63.0 Å². The highest BCUT2D eigenvalue weighted by molar-refractivity contribution is 14.1. The molecule has 0 radical (unpaired) electrons. The first-order chi connectivity index (χ1) is 11.0. The smallest absolute Gasteiger partial charge is 0.341 e. The Hall–Kier alpha value is -2.47. The Balaban J connectivity index is 1.92. The van der Waals surface area contributed by atoms with Crippen LogP contribution >= 0.6 is 22.6 Å². The van der Waals surface area contributed by atoms with Gasteiger partial charge in [-0.2, -0.15) is 5.26 Å². The van der Waals surface area contributed by atoms with Crippen molar-refractivity contribution in [3.63, 3.8) is 0 Å². The fourth-order valence-electron chi connectivity index (χ4n) is 1.69. The molecule has 0 atom stereocenters. The molecule has 0 aliphatic rings. The Bertz CT molecular complexity index is 785. The predicted octanol–water partition coefficient (Wildman–Crippen LogP) is 3.10. The molecule has 2 aromatic carbocycles. The number of esters is 1. The minimum Gasteiger partial charge on any atom is -0.452 e. The summed E-state index contributed by atoms with van der Waals surface area (Å²) >= 11 is 2.13. The lowest BCUT2D eigenvalue weighted by molar-refractivity contribution is -0.119. The van der Waals surface area contributed by atoms with Crippen LogP contribution in [0.4, 0.5) is 10.1 Å². The van der Waals surface area contributed by atoms with E-state index in [1.165, 1.54) is 6.07 Å². The van der Waals surface area contributed by atoms with Gasteiger partial charge in [-0.05, 0) is 65.1 Å². The maximum atomic E-state index is 13.6. The molecule has 0 saturated heterocycles. The van der Waals surface area contributed by atoms with Crippen molar-refractivity contribution in [3.8, 4) is 6.07 Å². The lowest BCUT2D eigenvalue weighted by Gasteiger charge is -2.07. The van der Waals surface area contributed by atoms with Gasteiger partial charge in [0.2, 0.25) is 0 Å². The lowest BCUT2D eigenvalue weighted by Crippen LogP contribution is -2.21. The topological polar surface area (TPSA) is 79.2 Å². The number of hydrogen-bond acceptors (Lipinski definition) is 4. The van der Waals surface area contributed by atoms with Crippen LogP contribution in [0.1, 0.15) is 15.9 Å². The molecule has 0 fully saturated rings. The number of rotatable bonds is 4. The Morgan fingerprint density at radius 3 is 2.52 bits per heavy atom. The number of nitrogens with one attached hydrogen (secondary N) is 1. The molecule has 0 aromatic heterocycles. The fraction of sp³-hybridized carbons (Fsp3) is 0.0625. The van der Waals surface area contributed by atoms with E-state index in [9.17, 15) is 14.0 Å². The van der Waals surface area contributed by atoms with Gasteiger partial charge in [0.25, 0.3) is 5.91 Å². The normalized spacial score (nSPS) is 9.78. The van der Waals surface area contributed by atoms with Crippen LogP contribution in [-0.2, 0) is 9.53 Å². The molecule has 5 nitrogen and oxygen atoms in total. The van der Waals surface area contributed by atoms with Gasteiger partial charge in [-0.25, -0.2) is 9.18 Å². The van der Waals surface area contributed by atoms with Gasteiger partial charge >= 0.3 is 5.97 Å². The van der Waals surface area contributed by atoms with Crippen LogP contribution in [0.25, 0.3) is 0 Å². The summed E-state index contributed by atoms with van der Waals surface area (Å²) < 4.78 is 19.4. The highest BCUT2D eigenvalue weighted by Gasteiger charge is 2.15. The maximum Gasteiger partial charge on any atom is 0.341 e. The summed E-state index contributed by atoms with van der Waals surface area (Å²) in [4.78, 5) is 23.4. The van der Waals surface area contributed by atoms with Crippen molar-refractivity contribution >= 4 is 40.2 Å². The van der Waals surface area contributed by atoms with Gasteiger partial charge in [-0.15, -0.1) is 0 Å². The van der Waals surface area contributed by atoms with Crippen molar-refractivity contribution in [2.75, 3.05) is 11.9 Å². The van der Waals surface area contributed by atoms with E-state index in [1.54, 1.807) is 18.2 Å². The summed E-state index contributed by atoms with van der Waals surface area (Å²) in [5, 5.41) is 11.2. The molecule has 0 unspecified atom stereocenters. The molecule has 0 spiro atoms. The zero-order chi connectivity index (χ0) is 16.8. The van der Waals surface area contributed by atoms with E-state index in [0.717, 1.165) is 15.7 Å². The van der Waals surface area contributed by atoms with Gasteiger partial charge in [0.1, 0.15) is 5.82 Å². The third-order valence-electron chi connectivity index (χ3n) is 2.78. The highest BCUT2D eigenvalue weighted by atomic mass is 127. The molecule has 23 heavy (non-hydrogen) atoms. The van der Waals surface area contributed by atoms with E-state index in [4.69, 9.17) is 10.00 Å². The Kier molecular flexibility index (Phi) is 5.65. The Labute approximate surface area is 145 Å². The van der Waals surface area contributed by atoms with E-state index >= 15 is 0 Å². The van der Waals surface area contributed by atoms with Crippen LogP contribution in [-0.4, -0.2) is 18.5 Å². The van der Waals surface area contributed by atoms with Crippen LogP contribution in [0.3, 0.4) is 0 Å². The molecular formula is C16H10FIN2O3. The van der Waals surface area contributed by atoms with Crippen molar-refractivity contribution in [1.29, 1.82) is 5.26 Å². The van der Waals surface area contributed by atoms with Crippen molar-refractivity contribution in [2.24, 2.45) is 0 Å². The SMILES string of the molecule is N#Cc1ccc(C(=O)OCC(=O)Nc2ccc(I)cc2)c(F)c1. The van der Waals surface area contributed by atoms with Crippen molar-refractivity contribution < 1.29 is 18.7 Å². The molecule has 0 bridgehead atoms. The third kappa shape index (κ3) is 4.75. The van der Waals surface area contributed by atoms with Crippen molar-refractivity contribution in [2.45, 2.75) is 0 Å².